The third-order valence-electron chi connectivity index (χ3n) is 5.25. The van der Waals surface area contributed by atoms with E-state index in [1.54, 1.807) is 49.7 Å². The molecule has 0 aliphatic carbocycles. The summed E-state index contributed by atoms with van der Waals surface area (Å²) in [5.74, 6) is 0.514. The highest BCUT2D eigenvalue weighted by molar-refractivity contribution is 9.10. The van der Waals surface area contributed by atoms with Crippen LogP contribution in [0.1, 0.15) is 37.9 Å². The smallest absolute Gasteiger partial charge is 0.338 e. The summed E-state index contributed by atoms with van der Waals surface area (Å²) in [6, 6.07) is 9.37. The molecule has 1 N–H and O–H groups in total. The highest BCUT2D eigenvalue weighted by Crippen LogP contribution is 2.43. The van der Waals surface area contributed by atoms with Crippen molar-refractivity contribution in [3.8, 4) is 11.5 Å². The lowest BCUT2D eigenvalue weighted by molar-refractivity contribution is -0.143. The minimum Gasteiger partial charge on any atom is -0.493 e. The summed E-state index contributed by atoms with van der Waals surface area (Å²) in [4.78, 5) is 17.3. The summed E-state index contributed by atoms with van der Waals surface area (Å²) in [6.45, 7) is 5.40. The second-order valence-electron chi connectivity index (χ2n) is 7.96. The first kappa shape index (κ1) is 23.7. The van der Waals surface area contributed by atoms with E-state index >= 15 is 0 Å². The quantitative estimate of drug-likeness (QED) is 0.429. The first-order valence-electron chi connectivity index (χ1n) is 10.6. The molecule has 8 nitrogen and oxygen atoms in total. The minimum atomic E-state index is -0.615. The monoisotopic (exact) mass is 530 g/mol. The number of nitrogens with zero attached hydrogens (tertiary/aromatic N) is 3. The molecular formula is C24H24BrFN4O4. The average Bonchev–Trinajstić information content (AvgIpc) is 3.25. The zero-order valence-electron chi connectivity index (χ0n) is 19.1. The zero-order valence-corrected chi connectivity index (χ0v) is 20.7. The van der Waals surface area contributed by atoms with Crippen molar-refractivity contribution in [1.82, 2.24) is 14.8 Å². The van der Waals surface area contributed by atoms with Crippen LogP contribution in [0.4, 0.5) is 10.3 Å². The van der Waals surface area contributed by atoms with Crippen LogP contribution in [-0.2, 0) is 16.1 Å². The molecule has 0 saturated carbocycles. The standard InChI is InChI=1S/C24H24BrFN4O4/c1-13(2)34-23(31)20-14(3)29-24-27-12-28-30(24)21(20)16-9-17(25)22(19(10-16)32-4)33-11-15-7-5-6-8-18(15)26/h5-10,12-13,21H,11H2,1-4H3,(H,27,28,29). The van der Waals surface area contributed by atoms with Crippen molar-refractivity contribution in [2.45, 2.75) is 39.5 Å². The number of hydrogen-bond donors (Lipinski definition) is 1. The predicted octanol–water partition coefficient (Wildman–Crippen LogP) is 5.01. The van der Waals surface area contributed by atoms with E-state index in [4.69, 9.17) is 14.2 Å². The minimum absolute atomic E-state index is 0.0204. The van der Waals surface area contributed by atoms with Crippen LogP contribution in [-0.4, -0.2) is 33.9 Å². The van der Waals surface area contributed by atoms with E-state index in [1.165, 1.54) is 19.5 Å². The molecule has 178 valence electrons. The van der Waals surface area contributed by atoms with Crippen LogP contribution in [0.15, 0.2) is 58.5 Å². The number of carbonyl (C=O) groups is 1. The average molecular weight is 531 g/mol. The Kier molecular flexibility index (Phi) is 6.87. The number of hydrogen-bond acceptors (Lipinski definition) is 7. The second-order valence-corrected chi connectivity index (χ2v) is 8.82. The molecule has 0 fully saturated rings. The molecule has 1 aliphatic heterocycles. The molecule has 2 heterocycles. The molecule has 34 heavy (non-hydrogen) atoms. The van der Waals surface area contributed by atoms with Gasteiger partial charge in [0.2, 0.25) is 5.95 Å². The third kappa shape index (κ3) is 4.63. The highest BCUT2D eigenvalue weighted by atomic mass is 79.9. The molecule has 0 spiro atoms. The van der Waals surface area contributed by atoms with Gasteiger partial charge in [-0.25, -0.2) is 13.9 Å². The van der Waals surface area contributed by atoms with Crippen molar-refractivity contribution in [1.29, 1.82) is 0 Å². The topological polar surface area (TPSA) is 87.5 Å². The number of aromatic nitrogens is 3. The highest BCUT2D eigenvalue weighted by Gasteiger charge is 2.35. The van der Waals surface area contributed by atoms with Gasteiger partial charge in [-0.05, 0) is 60.5 Å². The first-order valence-corrected chi connectivity index (χ1v) is 11.4. The maximum absolute atomic E-state index is 14.0. The van der Waals surface area contributed by atoms with Gasteiger partial charge in [0.1, 0.15) is 24.8 Å². The number of anilines is 1. The molecule has 4 rings (SSSR count). The molecule has 1 unspecified atom stereocenters. The molecule has 1 aliphatic rings. The van der Waals surface area contributed by atoms with Gasteiger partial charge in [-0.2, -0.15) is 10.1 Å². The number of fused-ring (bicyclic) bond motifs is 1. The lowest BCUT2D eigenvalue weighted by Crippen LogP contribution is -2.30. The van der Waals surface area contributed by atoms with E-state index in [1.807, 2.05) is 6.07 Å². The van der Waals surface area contributed by atoms with Gasteiger partial charge in [0.15, 0.2) is 11.5 Å². The maximum Gasteiger partial charge on any atom is 0.338 e. The van der Waals surface area contributed by atoms with Gasteiger partial charge in [-0.1, -0.05) is 18.2 Å². The number of benzene rings is 2. The summed E-state index contributed by atoms with van der Waals surface area (Å²) >= 11 is 3.55. The predicted molar refractivity (Wildman–Crippen MR) is 127 cm³/mol. The van der Waals surface area contributed by atoms with E-state index in [9.17, 15) is 9.18 Å². The number of esters is 1. The van der Waals surface area contributed by atoms with Crippen LogP contribution in [0.2, 0.25) is 0 Å². The van der Waals surface area contributed by atoms with E-state index in [2.05, 4.69) is 31.3 Å². The van der Waals surface area contributed by atoms with E-state index in [-0.39, 0.29) is 18.5 Å². The molecule has 1 atom stereocenters. The normalized spacial score (nSPS) is 15.1. The molecule has 1 aromatic heterocycles. The van der Waals surface area contributed by atoms with Gasteiger partial charge in [-0.3, -0.25) is 0 Å². The lowest BCUT2D eigenvalue weighted by Gasteiger charge is -2.29. The van der Waals surface area contributed by atoms with Gasteiger partial charge in [-0.15, -0.1) is 0 Å². The molecule has 0 bridgehead atoms. The Hall–Kier alpha value is -3.40. The second kappa shape index (κ2) is 9.84. The number of allylic oxidation sites excluding steroid dienone is 1. The van der Waals surface area contributed by atoms with Gasteiger partial charge in [0.05, 0.1) is 23.3 Å². The van der Waals surface area contributed by atoms with Crippen molar-refractivity contribution in [3.63, 3.8) is 0 Å². The first-order chi connectivity index (χ1) is 16.3. The van der Waals surface area contributed by atoms with Crippen molar-refractivity contribution >= 4 is 27.8 Å². The van der Waals surface area contributed by atoms with Crippen LogP contribution < -0.4 is 14.8 Å². The van der Waals surface area contributed by atoms with Crippen molar-refractivity contribution < 1.29 is 23.4 Å². The van der Waals surface area contributed by atoms with E-state index in [0.717, 1.165) is 0 Å². The number of methoxy groups -OCH3 is 1. The van der Waals surface area contributed by atoms with Crippen molar-refractivity contribution in [3.05, 3.63) is 75.4 Å². The molecule has 2 aromatic carbocycles. The number of carbonyl (C=O) groups excluding carboxylic acids is 1. The number of rotatable bonds is 7. The Labute approximate surface area is 204 Å². The summed E-state index contributed by atoms with van der Waals surface area (Å²) < 4.78 is 33.2. The SMILES string of the molecule is COc1cc(C2C(C(=O)OC(C)C)=C(C)Nc3ncnn32)cc(Br)c1OCc1ccccc1F. The van der Waals surface area contributed by atoms with Crippen molar-refractivity contribution in [2.75, 3.05) is 12.4 Å². The van der Waals surface area contributed by atoms with Crippen LogP contribution in [0.5, 0.6) is 11.5 Å². The molecule has 0 radical (unpaired) electrons. The Morgan fingerprint density at radius 3 is 2.76 bits per heavy atom. The van der Waals surface area contributed by atoms with Crippen LogP contribution >= 0.6 is 15.9 Å². The Morgan fingerprint density at radius 1 is 1.29 bits per heavy atom. The van der Waals surface area contributed by atoms with Gasteiger partial charge in [0.25, 0.3) is 0 Å². The molecule has 10 heteroatoms. The molecular weight excluding hydrogens is 507 g/mol. The van der Waals surface area contributed by atoms with Crippen LogP contribution in [0.25, 0.3) is 0 Å². The van der Waals surface area contributed by atoms with Crippen molar-refractivity contribution in [2.24, 2.45) is 0 Å². The summed E-state index contributed by atoms with van der Waals surface area (Å²) in [7, 11) is 1.51. The lowest BCUT2D eigenvalue weighted by atomic mass is 9.95. The zero-order chi connectivity index (χ0) is 24.4. The van der Waals surface area contributed by atoms with Crippen LogP contribution in [0.3, 0.4) is 0 Å². The summed E-state index contributed by atoms with van der Waals surface area (Å²) in [5.41, 5.74) is 2.14. The summed E-state index contributed by atoms with van der Waals surface area (Å²) in [5, 5.41) is 7.43. The molecule has 0 amide bonds. The Balaban J connectivity index is 1.74. The fraction of sp³-hybridized carbons (Fsp3) is 0.292. The fourth-order valence-electron chi connectivity index (χ4n) is 3.74. The number of halogens is 2. The van der Waals surface area contributed by atoms with Gasteiger partial charge >= 0.3 is 5.97 Å². The Bertz CT molecular complexity index is 1260. The number of ether oxygens (including phenoxy) is 3. The van der Waals surface area contributed by atoms with E-state index in [0.29, 0.717) is 44.3 Å². The molecule has 3 aromatic rings. The largest absolute Gasteiger partial charge is 0.493 e. The summed E-state index contributed by atoms with van der Waals surface area (Å²) in [6.07, 6.45) is 1.12. The van der Waals surface area contributed by atoms with Crippen LogP contribution in [0, 0.1) is 5.82 Å². The van der Waals surface area contributed by atoms with E-state index < -0.39 is 12.0 Å². The Morgan fingerprint density at radius 2 is 2.06 bits per heavy atom. The van der Waals surface area contributed by atoms with Gasteiger partial charge < -0.3 is 19.5 Å². The fourth-order valence-corrected chi connectivity index (χ4v) is 4.32. The maximum atomic E-state index is 14.0. The number of nitrogens with one attached hydrogen (secondary N) is 1. The molecule has 0 saturated heterocycles. The van der Waals surface area contributed by atoms with Gasteiger partial charge in [0, 0.05) is 11.3 Å². The third-order valence-corrected chi connectivity index (χ3v) is 5.84.